The van der Waals surface area contributed by atoms with E-state index in [1.807, 2.05) is 6.92 Å². The van der Waals surface area contributed by atoms with E-state index in [1.54, 1.807) is 6.07 Å². The van der Waals surface area contributed by atoms with E-state index in [1.165, 1.54) is 45.4 Å². The molecule has 1 aliphatic carbocycles. The Labute approximate surface area is 185 Å². The van der Waals surface area contributed by atoms with Gasteiger partial charge in [0.2, 0.25) is 5.75 Å². The number of fused-ring (bicyclic) bond motifs is 1. The standard InChI is InChI=1S/C23H25FN2O6/c1-12-17-7-6-16(24)11-15(17)5-8-18(12)32-23(29)13(2)26-22(28)20-21(31-14(3)27)19(30-4)9-10-25-20/h6-7,9-13,18H,5,8H2,1-4H3,(H,26,28)/t12-,13+,18-/m1/s1. The van der Waals surface area contributed by atoms with Crippen LogP contribution in [0.25, 0.3) is 0 Å². The predicted molar refractivity (Wildman–Crippen MR) is 112 cm³/mol. The van der Waals surface area contributed by atoms with E-state index in [4.69, 9.17) is 14.2 Å². The van der Waals surface area contributed by atoms with E-state index in [2.05, 4.69) is 10.3 Å². The highest BCUT2D eigenvalue weighted by atomic mass is 19.1. The van der Waals surface area contributed by atoms with Crippen molar-refractivity contribution in [3.8, 4) is 11.5 Å². The number of amides is 1. The zero-order valence-corrected chi connectivity index (χ0v) is 18.3. The molecule has 1 amide bonds. The highest BCUT2D eigenvalue weighted by molar-refractivity contribution is 5.98. The summed E-state index contributed by atoms with van der Waals surface area (Å²) >= 11 is 0. The molecule has 9 heteroatoms. The molecule has 2 aromatic rings. The third-order valence-corrected chi connectivity index (χ3v) is 5.37. The summed E-state index contributed by atoms with van der Waals surface area (Å²) in [6.45, 7) is 4.59. The molecule has 1 aromatic carbocycles. The zero-order chi connectivity index (χ0) is 23.4. The number of nitrogens with one attached hydrogen (secondary N) is 1. The normalized spacial score (nSPS) is 18.2. The second-order valence-electron chi connectivity index (χ2n) is 7.63. The molecular weight excluding hydrogens is 419 g/mol. The van der Waals surface area contributed by atoms with Crippen molar-refractivity contribution in [2.24, 2.45) is 0 Å². The molecule has 0 aliphatic heterocycles. The van der Waals surface area contributed by atoms with Gasteiger partial charge in [0.1, 0.15) is 18.0 Å². The minimum absolute atomic E-state index is 0.109. The van der Waals surface area contributed by atoms with Crippen molar-refractivity contribution in [3.63, 3.8) is 0 Å². The number of pyridine rings is 1. The first-order valence-corrected chi connectivity index (χ1v) is 10.2. The highest BCUT2D eigenvalue weighted by Crippen LogP contribution is 2.34. The van der Waals surface area contributed by atoms with Gasteiger partial charge in [0, 0.05) is 25.1 Å². The molecule has 0 unspecified atom stereocenters. The SMILES string of the molecule is COc1ccnc(C(=O)N[C@@H](C)C(=O)O[C@@H]2CCc3cc(F)ccc3[C@H]2C)c1OC(C)=O. The van der Waals surface area contributed by atoms with Crippen molar-refractivity contribution in [2.45, 2.75) is 51.7 Å². The van der Waals surface area contributed by atoms with Crippen LogP contribution in [0.3, 0.4) is 0 Å². The van der Waals surface area contributed by atoms with Crippen molar-refractivity contribution in [3.05, 3.63) is 53.1 Å². The molecule has 170 valence electrons. The minimum Gasteiger partial charge on any atom is -0.493 e. The Hall–Kier alpha value is -3.49. The van der Waals surface area contributed by atoms with Gasteiger partial charge < -0.3 is 19.5 Å². The molecule has 0 spiro atoms. The number of rotatable bonds is 6. The number of nitrogens with zero attached hydrogens (tertiary/aromatic N) is 1. The number of esters is 2. The number of carbonyl (C=O) groups is 3. The van der Waals surface area contributed by atoms with E-state index in [9.17, 15) is 18.8 Å². The largest absolute Gasteiger partial charge is 0.493 e. The maximum atomic E-state index is 13.5. The Kier molecular flexibility index (Phi) is 7.07. The van der Waals surface area contributed by atoms with Crippen LogP contribution in [0.15, 0.2) is 30.5 Å². The summed E-state index contributed by atoms with van der Waals surface area (Å²) in [6.07, 6.45) is 2.08. The predicted octanol–water partition coefficient (Wildman–Crippen LogP) is 2.93. The number of methoxy groups -OCH3 is 1. The average Bonchev–Trinajstić information content (AvgIpc) is 2.75. The highest BCUT2D eigenvalue weighted by Gasteiger charge is 2.31. The van der Waals surface area contributed by atoms with Crippen molar-refractivity contribution < 1.29 is 33.0 Å². The third-order valence-electron chi connectivity index (χ3n) is 5.37. The summed E-state index contributed by atoms with van der Waals surface area (Å²) in [5, 5.41) is 2.52. The number of carbonyl (C=O) groups excluding carboxylic acids is 3. The molecule has 1 N–H and O–H groups in total. The Morgan fingerprint density at radius 1 is 1.25 bits per heavy atom. The number of aryl methyl sites for hydroxylation is 1. The van der Waals surface area contributed by atoms with Gasteiger partial charge in [-0.05, 0) is 43.0 Å². The first-order chi connectivity index (χ1) is 15.2. The van der Waals surface area contributed by atoms with Gasteiger partial charge in [0.25, 0.3) is 5.91 Å². The van der Waals surface area contributed by atoms with E-state index in [0.29, 0.717) is 12.8 Å². The average molecular weight is 444 g/mol. The molecule has 3 rings (SSSR count). The van der Waals surface area contributed by atoms with Crippen molar-refractivity contribution in [1.82, 2.24) is 10.3 Å². The van der Waals surface area contributed by atoms with Crippen LogP contribution in [0.5, 0.6) is 11.5 Å². The molecule has 1 aromatic heterocycles. The molecule has 3 atom stereocenters. The van der Waals surface area contributed by atoms with E-state index in [-0.39, 0.29) is 28.9 Å². The van der Waals surface area contributed by atoms with Crippen LogP contribution in [0.4, 0.5) is 4.39 Å². The Morgan fingerprint density at radius 2 is 2.00 bits per heavy atom. The summed E-state index contributed by atoms with van der Waals surface area (Å²) in [6, 6.07) is 5.08. The fourth-order valence-electron chi connectivity index (χ4n) is 3.71. The summed E-state index contributed by atoms with van der Waals surface area (Å²) in [4.78, 5) is 40.7. The number of aromatic nitrogens is 1. The Bertz CT molecular complexity index is 1040. The molecule has 0 radical (unpaired) electrons. The molecule has 0 fully saturated rings. The fraction of sp³-hybridized carbons (Fsp3) is 0.391. The van der Waals surface area contributed by atoms with Crippen LogP contribution in [-0.4, -0.2) is 42.1 Å². The minimum atomic E-state index is -0.984. The van der Waals surface area contributed by atoms with E-state index >= 15 is 0 Å². The summed E-state index contributed by atoms with van der Waals surface area (Å²) in [7, 11) is 1.36. The maximum Gasteiger partial charge on any atom is 0.328 e. The summed E-state index contributed by atoms with van der Waals surface area (Å²) in [5.74, 6) is -2.36. The lowest BCUT2D eigenvalue weighted by atomic mass is 9.82. The van der Waals surface area contributed by atoms with E-state index < -0.39 is 30.0 Å². The van der Waals surface area contributed by atoms with Gasteiger partial charge in [-0.2, -0.15) is 0 Å². The number of halogens is 1. The van der Waals surface area contributed by atoms with Gasteiger partial charge in [0.15, 0.2) is 11.4 Å². The molecule has 1 heterocycles. The van der Waals surface area contributed by atoms with Crippen LogP contribution in [0, 0.1) is 5.82 Å². The number of benzene rings is 1. The van der Waals surface area contributed by atoms with Crippen molar-refractivity contribution in [2.75, 3.05) is 7.11 Å². The van der Waals surface area contributed by atoms with Gasteiger partial charge in [0.05, 0.1) is 7.11 Å². The number of ether oxygens (including phenoxy) is 3. The lowest BCUT2D eigenvalue weighted by Gasteiger charge is -2.31. The second kappa shape index (κ2) is 9.76. The second-order valence-corrected chi connectivity index (χ2v) is 7.63. The van der Waals surface area contributed by atoms with Gasteiger partial charge in [-0.15, -0.1) is 0 Å². The van der Waals surface area contributed by atoms with Gasteiger partial charge in [-0.1, -0.05) is 13.0 Å². The van der Waals surface area contributed by atoms with Crippen molar-refractivity contribution in [1.29, 1.82) is 0 Å². The van der Waals surface area contributed by atoms with Crippen LogP contribution in [-0.2, 0) is 20.7 Å². The van der Waals surface area contributed by atoms with Gasteiger partial charge in [-0.3, -0.25) is 9.59 Å². The first kappa shape index (κ1) is 23.2. The quantitative estimate of drug-likeness (QED) is 0.683. The number of hydrogen-bond donors (Lipinski definition) is 1. The molecular formula is C23H25FN2O6. The molecule has 1 aliphatic rings. The van der Waals surface area contributed by atoms with Gasteiger partial charge >= 0.3 is 11.9 Å². The molecule has 8 nitrogen and oxygen atoms in total. The van der Waals surface area contributed by atoms with E-state index in [0.717, 1.165) is 11.1 Å². The number of hydrogen-bond acceptors (Lipinski definition) is 7. The molecule has 0 saturated carbocycles. The summed E-state index contributed by atoms with van der Waals surface area (Å²) < 4.78 is 29.3. The smallest absolute Gasteiger partial charge is 0.328 e. The fourth-order valence-corrected chi connectivity index (χ4v) is 3.71. The Balaban J connectivity index is 1.68. The van der Waals surface area contributed by atoms with Crippen LogP contribution >= 0.6 is 0 Å². The maximum absolute atomic E-state index is 13.5. The lowest BCUT2D eigenvalue weighted by molar-refractivity contribution is -0.152. The summed E-state index contributed by atoms with van der Waals surface area (Å²) in [5.41, 5.74) is 1.66. The monoisotopic (exact) mass is 444 g/mol. The Morgan fingerprint density at radius 3 is 2.69 bits per heavy atom. The van der Waals surface area contributed by atoms with Gasteiger partial charge in [-0.25, -0.2) is 14.2 Å². The van der Waals surface area contributed by atoms with Crippen molar-refractivity contribution >= 4 is 17.8 Å². The third kappa shape index (κ3) is 5.04. The van der Waals surface area contributed by atoms with Crippen LogP contribution in [0.1, 0.15) is 54.7 Å². The molecule has 32 heavy (non-hydrogen) atoms. The van der Waals surface area contributed by atoms with Crippen LogP contribution < -0.4 is 14.8 Å². The zero-order valence-electron chi connectivity index (χ0n) is 18.3. The molecule has 0 saturated heterocycles. The topological polar surface area (TPSA) is 104 Å². The first-order valence-electron chi connectivity index (χ1n) is 10.2. The van der Waals surface area contributed by atoms with Crippen LogP contribution in [0.2, 0.25) is 0 Å². The molecule has 0 bridgehead atoms. The lowest BCUT2D eigenvalue weighted by Crippen LogP contribution is -2.42.